The quantitative estimate of drug-likeness (QED) is 0.203. The average molecular weight is 488 g/mol. The summed E-state index contributed by atoms with van der Waals surface area (Å²) >= 11 is 0. The smallest absolute Gasteiger partial charge is 0.358 e. The van der Waals surface area contributed by atoms with Gasteiger partial charge in [0, 0.05) is 33.0 Å². The van der Waals surface area contributed by atoms with Crippen LogP contribution in [0.15, 0.2) is 94.9 Å². The van der Waals surface area contributed by atoms with Crippen molar-refractivity contribution < 1.29 is 29.7 Å². The molecule has 4 aromatic carbocycles. The van der Waals surface area contributed by atoms with Gasteiger partial charge >= 0.3 is 6.18 Å². The number of benzene rings is 4. The fourth-order valence-electron chi connectivity index (χ4n) is 3.96. The number of para-hydroxylation sites is 2. The van der Waals surface area contributed by atoms with Crippen LogP contribution in [0, 0.1) is 14.4 Å². The van der Waals surface area contributed by atoms with Crippen LogP contribution in [-0.4, -0.2) is 11.4 Å². The van der Waals surface area contributed by atoms with Gasteiger partial charge in [-0.1, -0.05) is 66.7 Å². The van der Waals surface area contributed by atoms with E-state index in [2.05, 4.69) is 4.99 Å². The first-order chi connectivity index (χ1) is 14.9. The van der Waals surface area contributed by atoms with E-state index in [0.29, 0.717) is 11.4 Å². The second-order valence-electron chi connectivity index (χ2n) is 7.43. The first-order valence-electron chi connectivity index (χ1n) is 9.85. The molecule has 2 nitrogen and oxygen atoms in total. The fraction of sp³-hybridized carbons (Fsp3) is 0.0741. The summed E-state index contributed by atoms with van der Waals surface area (Å²) in [7, 11) is 0. The first kappa shape index (κ1) is 24.4. The van der Waals surface area contributed by atoms with Crippen molar-refractivity contribution >= 4 is 33.6 Å². The van der Waals surface area contributed by atoms with Crippen molar-refractivity contribution in [3.8, 4) is 0 Å². The van der Waals surface area contributed by atoms with E-state index in [0.717, 1.165) is 39.2 Å². The van der Waals surface area contributed by atoms with E-state index in [9.17, 15) is 13.2 Å². The number of alkyl halides is 3. The number of aliphatic imine (C=N–C) groups is 2. The summed E-state index contributed by atoms with van der Waals surface area (Å²) in [6, 6.07) is 24.7. The Labute approximate surface area is 200 Å². The standard InChI is InChI=1S/C26H17F3N2.CH3.Ni/c1-16-8-2-4-14-21(16)30-24-18-11-6-9-17-10-7-12-19(23(17)18)25(24)31-22-15-5-3-13-20(22)26(27,28)29;;/h2-15H,1H3;1H3;/q;-1;. The van der Waals surface area contributed by atoms with Crippen LogP contribution in [0.1, 0.15) is 22.3 Å². The van der Waals surface area contributed by atoms with Crippen molar-refractivity contribution in [2.45, 2.75) is 13.1 Å². The van der Waals surface area contributed by atoms with E-state index in [1.165, 1.54) is 12.1 Å². The van der Waals surface area contributed by atoms with Gasteiger partial charge in [-0.3, -0.25) is 0 Å². The molecular weight excluding hydrogens is 468 g/mol. The molecule has 5 rings (SSSR count). The molecule has 0 unspecified atom stereocenters. The van der Waals surface area contributed by atoms with Crippen LogP contribution in [0.5, 0.6) is 0 Å². The Kier molecular flexibility index (Phi) is 6.90. The molecule has 0 N–H and O–H groups in total. The van der Waals surface area contributed by atoms with Crippen LogP contribution >= 0.6 is 0 Å². The number of aryl methyl sites for hydroxylation is 1. The molecule has 0 bridgehead atoms. The van der Waals surface area contributed by atoms with Gasteiger partial charge in [-0.2, -0.15) is 13.2 Å². The largest absolute Gasteiger partial charge is 0.418 e. The van der Waals surface area contributed by atoms with E-state index in [1.807, 2.05) is 67.6 Å². The Hall–Kier alpha value is -3.24. The number of hydrogen-bond donors (Lipinski definition) is 0. The third-order valence-electron chi connectivity index (χ3n) is 5.43. The van der Waals surface area contributed by atoms with E-state index >= 15 is 0 Å². The van der Waals surface area contributed by atoms with Gasteiger partial charge in [0.15, 0.2) is 0 Å². The van der Waals surface area contributed by atoms with Crippen LogP contribution in [0.4, 0.5) is 24.5 Å². The van der Waals surface area contributed by atoms with Crippen molar-refractivity contribution in [1.29, 1.82) is 0 Å². The zero-order valence-electron chi connectivity index (χ0n) is 17.9. The Morgan fingerprint density at radius 1 is 0.636 bits per heavy atom. The molecule has 6 heteroatoms. The number of rotatable bonds is 2. The van der Waals surface area contributed by atoms with E-state index in [4.69, 9.17) is 4.99 Å². The molecular formula is C27H20F3N2Ni-. The zero-order valence-corrected chi connectivity index (χ0v) is 18.9. The molecule has 0 aliphatic heterocycles. The van der Waals surface area contributed by atoms with Crippen molar-refractivity contribution in [2.75, 3.05) is 0 Å². The maximum absolute atomic E-state index is 13.6. The Balaban J connectivity index is 0.00000153. The summed E-state index contributed by atoms with van der Waals surface area (Å²) in [5.74, 6) is 0. The normalized spacial score (nSPS) is 14.9. The second-order valence-corrected chi connectivity index (χ2v) is 7.43. The van der Waals surface area contributed by atoms with Gasteiger partial charge in [-0.05, 0) is 36.1 Å². The summed E-state index contributed by atoms with van der Waals surface area (Å²) < 4.78 is 40.8. The van der Waals surface area contributed by atoms with Crippen molar-refractivity contribution in [2.24, 2.45) is 9.98 Å². The summed E-state index contributed by atoms with van der Waals surface area (Å²) in [6.45, 7) is 1.96. The molecule has 0 radical (unpaired) electrons. The minimum atomic E-state index is -4.49. The predicted octanol–water partition coefficient (Wildman–Crippen LogP) is 7.87. The van der Waals surface area contributed by atoms with E-state index in [1.54, 1.807) is 6.07 Å². The van der Waals surface area contributed by atoms with E-state index in [-0.39, 0.29) is 29.6 Å². The van der Waals surface area contributed by atoms with Crippen LogP contribution in [0.25, 0.3) is 10.8 Å². The number of hydrogen-bond acceptors (Lipinski definition) is 2. The molecule has 0 spiro atoms. The molecule has 1 aliphatic carbocycles. The summed E-state index contributed by atoms with van der Waals surface area (Å²) in [6.07, 6.45) is -4.49. The van der Waals surface area contributed by atoms with Gasteiger partial charge in [0.05, 0.1) is 28.4 Å². The molecule has 0 amide bonds. The second kappa shape index (κ2) is 9.32. The van der Waals surface area contributed by atoms with Crippen LogP contribution in [0.3, 0.4) is 0 Å². The minimum absolute atomic E-state index is 0. The van der Waals surface area contributed by atoms with E-state index < -0.39 is 11.7 Å². The van der Waals surface area contributed by atoms with Gasteiger partial charge in [-0.25, -0.2) is 9.98 Å². The van der Waals surface area contributed by atoms with Gasteiger partial charge in [0.25, 0.3) is 0 Å². The van der Waals surface area contributed by atoms with Gasteiger partial charge < -0.3 is 7.43 Å². The molecule has 1 aliphatic rings. The first-order valence-corrected chi connectivity index (χ1v) is 9.85. The molecule has 4 aromatic rings. The molecule has 0 atom stereocenters. The molecule has 0 heterocycles. The summed E-state index contributed by atoms with van der Waals surface area (Å²) in [4.78, 5) is 9.41. The van der Waals surface area contributed by atoms with Crippen LogP contribution in [0.2, 0.25) is 0 Å². The number of nitrogens with zero attached hydrogens (tertiary/aromatic N) is 2. The third-order valence-corrected chi connectivity index (χ3v) is 5.43. The van der Waals surface area contributed by atoms with Gasteiger partial charge in [0.1, 0.15) is 0 Å². The Morgan fingerprint density at radius 3 is 1.73 bits per heavy atom. The third kappa shape index (κ3) is 4.36. The maximum Gasteiger partial charge on any atom is 0.418 e. The van der Waals surface area contributed by atoms with Crippen molar-refractivity contribution in [3.05, 3.63) is 115 Å². The Bertz CT molecular complexity index is 1380. The molecule has 0 aromatic heterocycles. The number of halogens is 3. The van der Waals surface area contributed by atoms with Crippen LogP contribution < -0.4 is 0 Å². The van der Waals surface area contributed by atoms with Crippen molar-refractivity contribution in [3.63, 3.8) is 0 Å². The predicted molar refractivity (Wildman–Crippen MR) is 125 cm³/mol. The topological polar surface area (TPSA) is 24.7 Å². The summed E-state index contributed by atoms with van der Waals surface area (Å²) in [5, 5.41) is 1.96. The average Bonchev–Trinajstić information content (AvgIpc) is 3.04. The molecule has 0 saturated heterocycles. The molecule has 0 fully saturated rings. The van der Waals surface area contributed by atoms with Gasteiger partial charge in [-0.15, -0.1) is 0 Å². The minimum Gasteiger partial charge on any atom is -0.358 e. The molecule has 33 heavy (non-hydrogen) atoms. The zero-order chi connectivity index (χ0) is 21.6. The fourth-order valence-corrected chi connectivity index (χ4v) is 3.96. The Morgan fingerprint density at radius 2 is 1.15 bits per heavy atom. The summed E-state index contributed by atoms with van der Waals surface area (Å²) in [5.41, 5.74) is 3.56. The van der Waals surface area contributed by atoms with Crippen LogP contribution in [-0.2, 0) is 22.7 Å². The molecule has 170 valence electrons. The SMILES string of the molecule is Cc1ccccc1N=C1C(=Nc2ccccc2C(F)(F)F)c2cccc3cccc1c23.[CH3-].[Ni]. The monoisotopic (exact) mass is 487 g/mol. The van der Waals surface area contributed by atoms with Crippen molar-refractivity contribution in [1.82, 2.24) is 0 Å². The maximum atomic E-state index is 13.6. The molecule has 0 saturated carbocycles. The van der Waals surface area contributed by atoms with Gasteiger partial charge in [0.2, 0.25) is 0 Å².